The third-order valence-corrected chi connectivity index (χ3v) is 4.37. The molecule has 4 heteroatoms. The summed E-state index contributed by atoms with van der Waals surface area (Å²) in [7, 11) is 0. The second-order valence-corrected chi connectivity index (χ2v) is 6.27. The van der Waals surface area contributed by atoms with Gasteiger partial charge in [-0.05, 0) is 31.1 Å². The smallest absolute Gasteiger partial charge is 0.305 e. The topological polar surface area (TPSA) is 48.3 Å². The van der Waals surface area contributed by atoms with Gasteiger partial charge in [0.2, 0.25) is 0 Å². The number of fused-ring (bicyclic) bond motifs is 1. The fraction of sp³-hybridized carbons (Fsp3) is 0.217. The number of aromatic nitrogens is 1. The van der Waals surface area contributed by atoms with Crippen molar-refractivity contribution in [1.82, 2.24) is 4.57 Å². The van der Waals surface area contributed by atoms with Crippen molar-refractivity contribution in [2.45, 2.75) is 26.3 Å². The summed E-state index contributed by atoms with van der Waals surface area (Å²) in [5.74, 6) is -0.213. The van der Waals surface area contributed by atoms with E-state index in [1.165, 1.54) is 0 Å². The Hall–Kier alpha value is -3.14. The van der Waals surface area contributed by atoms with Gasteiger partial charge in [-0.1, -0.05) is 54.6 Å². The summed E-state index contributed by atoms with van der Waals surface area (Å²) in [6, 6.07) is 17.6. The Morgan fingerprint density at radius 3 is 2.56 bits per heavy atom. The lowest BCUT2D eigenvalue weighted by Gasteiger charge is -2.05. The van der Waals surface area contributed by atoms with Gasteiger partial charge in [-0.2, -0.15) is 0 Å². The van der Waals surface area contributed by atoms with Crippen LogP contribution in [0.1, 0.15) is 35.7 Å². The zero-order valence-electron chi connectivity index (χ0n) is 15.4. The molecule has 0 fully saturated rings. The van der Waals surface area contributed by atoms with Crippen LogP contribution in [0.15, 0.2) is 66.9 Å². The SMILES string of the molecule is CCOC(=O)CCCn1cc(C(=O)C=Cc2ccccc2)c2ccccc21. The van der Waals surface area contributed by atoms with Gasteiger partial charge in [0.05, 0.1) is 6.61 Å². The largest absolute Gasteiger partial charge is 0.466 e. The number of carbonyl (C=O) groups excluding carboxylic acids is 2. The molecule has 0 atom stereocenters. The highest BCUT2D eigenvalue weighted by Crippen LogP contribution is 2.23. The van der Waals surface area contributed by atoms with E-state index in [-0.39, 0.29) is 11.8 Å². The predicted molar refractivity (Wildman–Crippen MR) is 108 cm³/mol. The summed E-state index contributed by atoms with van der Waals surface area (Å²) in [4.78, 5) is 24.3. The van der Waals surface area contributed by atoms with Crippen LogP contribution in [-0.4, -0.2) is 22.9 Å². The van der Waals surface area contributed by atoms with Crippen molar-refractivity contribution in [2.75, 3.05) is 6.61 Å². The molecule has 0 aliphatic carbocycles. The fourth-order valence-corrected chi connectivity index (χ4v) is 3.08. The molecule has 2 aromatic carbocycles. The molecular formula is C23H23NO3. The normalized spacial score (nSPS) is 11.1. The van der Waals surface area contributed by atoms with Crippen molar-refractivity contribution in [2.24, 2.45) is 0 Å². The molecule has 0 saturated heterocycles. The number of hydrogen-bond donors (Lipinski definition) is 0. The highest BCUT2D eigenvalue weighted by Gasteiger charge is 2.13. The van der Waals surface area contributed by atoms with E-state index in [2.05, 4.69) is 0 Å². The number of aryl methyl sites for hydroxylation is 1. The van der Waals surface area contributed by atoms with E-state index in [4.69, 9.17) is 4.74 Å². The van der Waals surface area contributed by atoms with E-state index >= 15 is 0 Å². The third-order valence-electron chi connectivity index (χ3n) is 4.37. The average molecular weight is 361 g/mol. The maximum absolute atomic E-state index is 12.7. The minimum atomic E-state index is -0.184. The summed E-state index contributed by atoms with van der Waals surface area (Å²) in [6.45, 7) is 2.87. The first-order valence-electron chi connectivity index (χ1n) is 9.20. The maximum atomic E-state index is 12.7. The molecular weight excluding hydrogens is 338 g/mol. The Kier molecular flexibility index (Phi) is 6.21. The number of para-hydroxylation sites is 1. The molecule has 0 aliphatic rings. The number of allylic oxidation sites excluding steroid dienone is 1. The number of rotatable bonds is 8. The quantitative estimate of drug-likeness (QED) is 0.326. The fourth-order valence-electron chi connectivity index (χ4n) is 3.08. The first kappa shape index (κ1) is 18.6. The van der Waals surface area contributed by atoms with Gasteiger partial charge in [0.1, 0.15) is 0 Å². The Morgan fingerprint density at radius 2 is 1.78 bits per heavy atom. The Bertz CT molecular complexity index is 954. The molecule has 0 aliphatic heterocycles. The van der Waals surface area contributed by atoms with Crippen LogP contribution in [-0.2, 0) is 16.1 Å². The van der Waals surface area contributed by atoms with Crippen LogP contribution in [0.2, 0.25) is 0 Å². The second-order valence-electron chi connectivity index (χ2n) is 6.27. The van der Waals surface area contributed by atoms with Gasteiger partial charge >= 0.3 is 5.97 Å². The minimum absolute atomic E-state index is 0.0285. The van der Waals surface area contributed by atoms with Crippen molar-refractivity contribution in [3.05, 3.63) is 78.0 Å². The lowest BCUT2D eigenvalue weighted by molar-refractivity contribution is -0.143. The first-order valence-corrected chi connectivity index (χ1v) is 9.20. The number of benzene rings is 2. The average Bonchev–Trinajstić information content (AvgIpc) is 3.06. The highest BCUT2D eigenvalue weighted by molar-refractivity contribution is 6.14. The number of esters is 1. The summed E-state index contributed by atoms with van der Waals surface area (Å²) < 4.78 is 7.01. The van der Waals surface area contributed by atoms with Crippen LogP contribution in [0.25, 0.3) is 17.0 Å². The van der Waals surface area contributed by atoms with E-state index < -0.39 is 0 Å². The highest BCUT2D eigenvalue weighted by atomic mass is 16.5. The minimum Gasteiger partial charge on any atom is -0.466 e. The number of ether oxygens (including phenoxy) is 1. The lowest BCUT2D eigenvalue weighted by Crippen LogP contribution is -2.06. The van der Waals surface area contributed by atoms with Gasteiger partial charge in [-0.3, -0.25) is 9.59 Å². The zero-order valence-corrected chi connectivity index (χ0v) is 15.4. The van der Waals surface area contributed by atoms with Crippen molar-refractivity contribution < 1.29 is 14.3 Å². The van der Waals surface area contributed by atoms with E-state index in [0.29, 0.717) is 31.6 Å². The summed E-state index contributed by atoms with van der Waals surface area (Å²) in [5, 5.41) is 0.927. The van der Waals surface area contributed by atoms with E-state index in [1.54, 1.807) is 13.0 Å². The van der Waals surface area contributed by atoms with Gasteiger partial charge in [0, 0.05) is 35.6 Å². The molecule has 3 aromatic rings. The van der Waals surface area contributed by atoms with Crippen molar-refractivity contribution in [3.63, 3.8) is 0 Å². The molecule has 4 nitrogen and oxygen atoms in total. The molecule has 0 amide bonds. The first-order chi connectivity index (χ1) is 13.2. The molecule has 0 N–H and O–H groups in total. The van der Waals surface area contributed by atoms with Crippen LogP contribution in [0.3, 0.4) is 0 Å². The monoisotopic (exact) mass is 361 g/mol. The molecule has 0 radical (unpaired) electrons. The number of hydrogen-bond acceptors (Lipinski definition) is 3. The third kappa shape index (κ3) is 4.73. The molecule has 0 spiro atoms. The van der Waals surface area contributed by atoms with E-state index in [0.717, 1.165) is 16.5 Å². The van der Waals surface area contributed by atoms with Crippen LogP contribution < -0.4 is 0 Å². The lowest BCUT2D eigenvalue weighted by atomic mass is 10.1. The predicted octanol–water partition coefficient (Wildman–Crippen LogP) is 4.88. The van der Waals surface area contributed by atoms with Gasteiger partial charge in [-0.25, -0.2) is 0 Å². The van der Waals surface area contributed by atoms with Crippen molar-refractivity contribution in [3.8, 4) is 0 Å². The Balaban J connectivity index is 1.78. The van der Waals surface area contributed by atoms with Gasteiger partial charge in [0.25, 0.3) is 0 Å². The van der Waals surface area contributed by atoms with Crippen LogP contribution in [0.5, 0.6) is 0 Å². The van der Waals surface area contributed by atoms with Crippen LogP contribution in [0, 0.1) is 0 Å². The second kappa shape index (κ2) is 8.99. The van der Waals surface area contributed by atoms with Gasteiger partial charge in [0.15, 0.2) is 5.78 Å². The van der Waals surface area contributed by atoms with Gasteiger partial charge in [-0.15, -0.1) is 0 Å². The molecule has 1 aromatic heterocycles. The van der Waals surface area contributed by atoms with Crippen LogP contribution >= 0.6 is 0 Å². The molecule has 3 rings (SSSR count). The molecule has 0 bridgehead atoms. The number of nitrogens with zero attached hydrogens (tertiary/aromatic N) is 1. The molecule has 27 heavy (non-hydrogen) atoms. The summed E-state index contributed by atoms with van der Waals surface area (Å²) in [6.07, 6.45) is 6.37. The standard InChI is InChI=1S/C23H23NO3/c1-2-27-23(26)13-8-16-24-17-20(19-11-6-7-12-21(19)24)22(25)15-14-18-9-4-3-5-10-18/h3-7,9-12,14-15,17H,2,8,13,16H2,1H3. The van der Waals surface area contributed by atoms with E-state index in [9.17, 15) is 9.59 Å². The zero-order chi connectivity index (χ0) is 19.1. The number of carbonyl (C=O) groups is 2. The maximum Gasteiger partial charge on any atom is 0.305 e. The summed E-state index contributed by atoms with van der Waals surface area (Å²) in [5.41, 5.74) is 2.66. The Labute approximate surface area is 159 Å². The summed E-state index contributed by atoms with van der Waals surface area (Å²) >= 11 is 0. The molecule has 0 saturated carbocycles. The van der Waals surface area contributed by atoms with Gasteiger partial charge < -0.3 is 9.30 Å². The molecule has 1 heterocycles. The van der Waals surface area contributed by atoms with Crippen molar-refractivity contribution >= 4 is 28.7 Å². The Morgan fingerprint density at radius 1 is 1.04 bits per heavy atom. The molecule has 138 valence electrons. The van der Waals surface area contributed by atoms with Crippen molar-refractivity contribution in [1.29, 1.82) is 0 Å². The van der Waals surface area contributed by atoms with E-state index in [1.807, 2.05) is 71.4 Å². The van der Waals surface area contributed by atoms with Crippen LogP contribution in [0.4, 0.5) is 0 Å². The number of ketones is 1. The molecule has 0 unspecified atom stereocenters.